The minimum absolute atomic E-state index is 0.309. The van der Waals surface area contributed by atoms with Gasteiger partial charge < -0.3 is 0 Å². The number of aryl methyl sites for hydroxylation is 1. The van der Waals surface area contributed by atoms with Crippen LogP contribution in [-0.4, -0.2) is 21.1 Å². The summed E-state index contributed by atoms with van der Waals surface area (Å²) in [5.41, 5.74) is 0.423. The lowest BCUT2D eigenvalue weighted by molar-refractivity contribution is 0.625. The molecule has 0 spiro atoms. The number of hydrogen-bond acceptors (Lipinski definition) is 3. The molecule has 0 aliphatic rings. The fraction of sp³-hybridized carbons (Fsp3) is 0.308. The SMILES string of the molecule is CCCCc1n[nH]c(=S)n1/N=C\c1ccccc1F. The molecule has 1 N–H and O–H groups in total. The highest BCUT2D eigenvalue weighted by molar-refractivity contribution is 7.71. The van der Waals surface area contributed by atoms with Gasteiger partial charge in [0.1, 0.15) is 5.82 Å². The van der Waals surface area contributed by atoms with E-state index in [1.165, 1.54) is 17.0 Å². The Kier molecular flexibility index (Phi) is 4.57. The normalized spacial score (nSPS) is 11.3. The van der Waals surface area contributed by atoms with Gasteiger partial charge in [0.15, 0.2) is 5.82 Å². The first kappa shape index (κ1) is 13.6. The van der Waals surface area contributed by atoms with E-state index in [4.69, 9.17) is 12.2 Å². The maximum atomic E-state index is 13.5. The minimum atomic E-state index is -0.309. The Hall–Kier alpha value is -1.82. The highest BCUT2D eigenvalue weighted by Crippen LogP contribution is 2.06. The van der Waals surface area contributed by atoms with Crippen LogP contribution in [-0.2, 0) is 6.42 Å². The van der Waals surface area contributed by atoms with Crippen molar-refractivity contribution in [3.05, 3.63) is 46.2 Å². The van der Waals surface area contributed by atoms with Gasteiger partial charge in [-0.15, -0.1) is 0 Å². The summed E-state index contributed by atoms with van der Waals surface area (Å²) in [5, 5.41) is 11.0. The van der Waals surface area contributed by atoms with Crippen LogP contribution in [0.15, 0.2) is 29.4 Å². The van der Waals surface area contributed by atoms with E-state index in [-0.39, 0.29) is 5.82 Å². The average Bonchev–Trinajstić information content (AvgIpc) is 2.76. The number of nitrogens with zero attached hydrogens (tertiary/aromatic N) is 3. The van der Waals surface area contributed by atoms with Gasteiger partial charge >= 0.3 is 0 Å². The molecule has 6 heteroatoms. The van der Waals surface area contributed by atoms with Crippen LogP contribution in [0.2, 0.25) is 0 Å². The molecule has 0 radical (unpaired) electrons. The number of halogens is 1. The second-order valence-corrected chi connectivity index (χ2v) is 4.51. The van der Waals surface area contributed by atoms with Crippen LogP contribution in [0.3, 0.4) is 0 Å². The van der Waals surface area contributed by atoms with E-state index in [1.807, 2.05) is 0 Å². The zero-order chi connectivity index (χ0) is 13.7. The van der Waals surface area contributed by atoms with Crippen molar-refractivity contribution in [2.45, 2.75) is 26.2 Å². The van der Waals surface area contributed by atoms with Crippen LogP contribution in [0.4, 0.5) is 4.39 Å². The van der Waals surface area contributed by atoms with Crippen molar-refractivity contribution < 1.29 is 4.39 Å². The largest absolute Gasteiger partial charge is 0.250 e. The van der Waals surface area contributed by atoms with E-state index < -0.39 is 0 Å². The number of nitrogens with one attached hydrogen (secondary N) is 1. The van der Waals surface area contributed by atoms with Crippen molar-refractivity contribution in [2.75, 3.05) is 0 Å². The lowest BCUT2D eigenvalue weighted by Crippen LogP contribution is -1.99. The van der Waals surface area contributed by atoms with Crippen molar-refractivity contribution in [1.29, 1.82) is 0 Å². The van der Waals surface area contributed by atoms with E-state index in [0.717, 1.165) is 25.1 Å². The summed E-state index contributed by atoms with van der Waals surface area (Å²) in [5.74, 6) is 0.454. The zero-order valence-corrected chi connectivity index (χ0v) is 11.5. The van der Waals surface area contributed by atoms with Crippen molar-refractivity contribution in [3.8, 4) is 0 Å². The number of hydrogen-bond donors (Lipinski definition) is 1. The Morgan fingerprint density at radius 3 is 3.00 bits per heavy atom. The molecule has 0 aliphatic carbocycles. The smallest absolute Gasteiger partial charge is 0.216 e. The summed E-state index contributed by atoms with van der Waals surface area (Å²) in [6.45, 7) is 2.11. The predicted molar refractivity (Wildman–Crippen MR) is 75.4 cm³/mol. The van der Waals surface area contributed by atoms with E-state index in [9.17, 15) is 4.39 Å². The second-order valence-electron chi connectivity index (χ2n) is 4.13. The molecule has 0 atom stereocenters. The third-order valence-electron chi connectivity index (χ3n) is 2.69. The Morgan fingerprint density at radius 1 is 1.47 bits per heavy atom. The van der Waals surface area contributed by atoms with E-state index >= 15 is 0 Å². The van der Waals surface area contributed by atoms with E-state index in [2.05, 4.69) is 22.2 Å². The van der Waals surface area contributed by atoms with E-state index in [1.54, 1.807) is 18.2 Å². The molecule has 100 valence electrons. The van der Waals surface area contributed by atoms with Crippen molar-refractivity contribution >= 4 is 18.4 Å². The molecule has 2 aromatic rings. The summed E-state index contributed by atoms with van der Waals surface area (Å²) >= 11 is 5.11. The molecule has 0 fully saturated rings. The second kappa shape index (κ2) is 6.38. The van der Waals surface area contributed by atoms with Gasteiger partial charge in [-0.05, 0) is 24.7 Å². The zero-order valence-electron chi connectivity index (χ0n) is 10.6. The highest BCUT2D eigenvalue weighted by Gasteiger charge is 2.04. The summed E-state index contributed by atoms with van der Waals surface area (Å²) in [6.07, 6.45) is 4.32. The van der Waals surface area contributed by atoms with Gasteiger partial charge in [-0.1, -0.05) is 31.5 Å². The molecule has 1 heterocycles. The van der Waals surface area contributed by atoms with Crippen LogP contribution in [0, 0.1) is 10.6 Å². The highest BCUT2D eigenvalue weighted by atomic mass is 32.1. The molecular formula is C13H15FN4S. The van der Waals surface area contributed by atoms with Gasteiger partial charge in [-0.25, -0.2) is 4.39 Å². The molecule has 0 saturated heterocycles. The molecular weight excluding hydrogens is 263 g/mol. The molecule has 19 heavy (non-hydrogen) atoms. The maximum absolute atomic E-state index is 13.5. The quantitative estimate of drug-likeness (QED) is 0.673. The van der Waals surface area contributed by atoms with Crippen LogP contribution >= 0.6 is 12.2 Å². The molecule has 0 unspecified atom stereocenters. The van der Waals surface area contributed by atoms with Crippen molar-refractivity contribution in [2.24, 2.45) is 5.10 Å². The van der Waals surface area contributed by atoms with Gasteiger partial charge in [0.25, 0.3) is 0 Å². The van der Waals surface area contributed by atoms with Crippen LogP contribution < -0.4 is 0 Å². The molecule has 1 aromatic heterocycles. The predicted octanol–water partition coefficient (Wildman–Crippen LogP) is 3.30. The molecule has 0 saturated carbocycles. The molecule has 4 nitrogen and oxygen atoms in total. The van der Waals surface area contributed by atoms with Gasteiger partial charge in [0.05, 0.1) is 6.21 Å². The first-order valence-electron chi connectivity index (χ1n) is 6.17. The fourth-order valence-corrected chi connectivity index (χ4v) is 1.84. The average molecular weight is 278 g/mol. The van der Waals surface area contributed by atoms with Crippen molar-refractivity contribution in [3.63, 3.8) is 0 Å². The molecule has 0 amide bonds. The number of H-pyrrole nitrogens is 1. The lowest BCUT2D eigenvalue weighted by atomic mass is 10.2. The Bertz CT molecular complexity index is 630. The van der Waals surface area contributed by atoms with Crippen LogP contribution in [0.25, 0.3) is 0 Å². The molecule has 0 bridgehead atoms. The standard InChI is InChI=1S/C13H15FN4S/c1-2-3-8-12-16-17-13(19)18(12)15-9-10-6-4-5-7-11(10)14/h4-7,9H,2-3,8H2,1H3,(H,17,19)/b15-9-. The Balaban J connectivity index is 2.26. The molecule has 0 aliphatic heterocycles. The van der Waals surface area contributed by atoms with Crippen LogP contribution in [0.1, 0.15) is 31.2 Å². The number of rotatable bonds is 5. The number of aromatic amines is 1. The summed E-state index contributed by atoms with van der Waals surface area (Å²) in [7, 11) is 0. The fourth-order valence-electron chi connectivity index (χ4n) is 1.64. The van der Waals surface area contributed by atoms with Crippen LogP contribution in [0.5, 0.6) is 0 Å². The summed E-state index contributed by atoms with van der Waals surface area (Å²) in [6, 6.07) is 6.46. The number of aromatic nitrogens is 3. The topological polar surface area (TPSA) is 46.0 Å². The van der Waals surface area contributed by atoms with Gasteiger partial charge in [-0.2, -0.15) is 14.9 Å². The maximum Gasteiger partial charge on any atom is 0.216 e. The van der Waals surface area contributed by atoms with Gasteiger partial charge in [0.2, 0.25) is 4.77 Å². The van der Waals surface area contributed by atoms with Gasteiger partial charge in [-0.3, -0.25) is 5.10 Å². The first-order valence-corrected chi connectivity index (χ1v) is 6.58. The monoisotopic (exact) mass is 278 g/mol. The van der Waals surface area contributed by atoms with E-state index in [0.29, 0.717) is 10.3 Å². The Labute approximate surface area is 116 Å². The minimum Gasteiger partial charge on any atom is -0.250 e. The molecule has 1 aromatic carbocycles. The number of unbranched alkanes of at least 4 members (excludes halogenated alkanes) is 1. The third-order valence-corrected chi connectivity index (χ3v) is 2.95. The van der Waals surface area contributed by atoms with Gasteiger partial charge in [0, 0.05) is 12.0 Å². The summed E-state index contributed by atoms with van der Waals surface area (Å²) < 4.78 is 15.4. The molecule has 2 rings (SSSR count). The number of benzene rings is 1. The Morgan fingerprint density at radius 2 is 2.26 bits per heavy atom. The van der Waals surface area contributed by atoms with Crippen molar-refractivity contribution in [1.82, 2.24) is 14.9 Å². The third kappa shape index (κ3) is 3.35. The first-order chi connectivity index (χ1) is 9.22. The lowest BCUT2D eigenvalue weighted by Gasteiger charge is -1.99. The summed E-state index contributed by atoms with van der Waals surface area (Å²) in [4.78, 5) is 0.